The Morgan fingerprint density at radius 1 is 1.15 bits per heavy atom. The molecule has 0 fully saturated rings. The molecule has 0 bridgehead atoms. The van der Waals surface area contributed by atoms with Crippen molar-refractivity contribution in [2.75, 3.05) is 18.9 Å². The highest BCUT2D eigenvalue weighted by Gasteiger charge is 2.17. The van der Waals surface area contributed by atoms with Gasteiger partial charge in [-0.25, -0.2) is 0 Å². The van der Waals surface area contributed by atoms with Crippen LogP contribution >= 0.6 is 23.2 Å². The van der Waals surface area contributed by atoms with Crippen LogP contribution in [0.3, 0.4) is 0 Å². The minimum absolute atomic E-state index is 0.0571. The highest BCUT2D eigenvalue weighted by molar-refractivity contribution is 6.37. The summed E-state index contributed by atoms with van der Waals surface area (Å²) in [6.45, 7) is 5.72. The van der Waals surface area contributed by atoms with Gasteiger partial charge in [-0.3, -0.25) is 4.79 Å². The van der Waals surface area contributed by atoms with Crippen molar-refractivity contribution < 1.29 is 9.53 Å². The number of hydrogen-bond donors (Lipinski definition) is 1. The van der Waals surface area contributed by atoms with Crippen LogP contribution in [0.5, 0.6) is 5.75 Å². The van der Waals surface area contributed by atoms with Gasteiger partial charge >= 0.3 is 0 Å². The number of carbonyl (C=O) groups excluding carboxylic acids is 1. The van der Waals surface area contributed by atoms with Crippen LogP contribution in [0.25, 0.3) is 0 Å². The number of carbonyl (C=O) groups is 1. The van der Waals surface area contributed by atoms with Gasteiger partial charge in [0.05, 0.1) is 16.1 Å². The number of likely N-dealkylation sites (N-methyl/N-ethyl adjacent to an activating group) is 1. The number of halogens is 2. The van der Waals surface area contributed by atoms with Crippen LogP contribution in [0.15, 0.2) is 30.3 Å². The fourth-order valence-corrected chi connectivity index (χ4v) is 3.59. The maximum atomic E-state index is 12.6. The van der Waals surface area contributed by atoms with Crippen LogP contribution in [-0.2, 0) is 13.0 Å². The number of fused-ring (bicyclic) bond motifs is 1. The molecule has 0 aromatic heterocycles. The molecule has 138 valence electrons. The summed E-state index contributed by atoms with van der Waals surface area (Å²) in [7, 11) is 2.10. The zero-order valence-electron chi connectivity index (χ0n) is 15.1. The van der Waals surface area contributed by atoms with E-state index in [1.165, 1.54) is 11.1 Å². The number of amides is 1. The number of nitrogens with zero attached hydrogens (tertiary/aromatic N) is 1. The third-order valence-electron chi connectivity index (χ3n) is 4.28. The maximum absolute atomic E-state index is 12.6. The summed E-state index contributed by atoms with van der Waals surface area (Å²) < 4.78 is 5.60. The largest absolute Gasteiger partial charge is 0.488 e. The molecular weight excluding hydrogens is 371 g/mol. The summed E-state index contributed by atoms with van der Waals surface area (Å²) in [5.41, 5.74) is 3.74. The number of ether oxygens (including phenoxy) is 1. The predicted octanol–water partition coefficient (Wildman–Crippen LogP) is 5.02. The van der Waals surface area contributed by atoms with Crippen molar-refractivity contribution in [3.05, 3.63) is 57.1 Å². The molecule has 0 spiro atoms. The molecule has 6 heteroatoms. The van der Waals surface area contributed by atoms with E-state index in [0.717, 1.165) is 25.2 Å². The Labute approximate surface area is 164 Å². The van der Waals surface area contributed by atoms with Gasteiger partial charge in [-0.05, 0) is 62.7 Å². The van der Waals surface area contributed by atoms with E-state index in [0.29, 0.717) is 21.4 Å². The average molecular weight is 393 g/mol. The van der Waals surface area contributed by atoms with Crippen molar-refractivity contribution >= 4 is 34.8 Å². The van der Waals surface area contributed by atoms with E-state index in [9.17, 15) is 4.79 Å². The van der Waals surface area contributed by atoms with E-state index in [1.54, 1.807) is 12.1 Å². The van der Waals surface area contributed by atoms with Crippen LogP contribution in [0.4, 0.5) is 5.69 Å². The molecule has 4 nitrogen and oxygen atoms in total. The zero-order chi connectivity index (χ0) is 18.8. The van der Waals surface area contributed by atoms with Crippen LogP contribution in [-0.4, -0.2) is 30.5 Å². The van der Waals surface area contributed by atoms with Crippen LogP contribution in [0.1, 0.15) is 35.3 Å². The maximum Gasteiger partial charge on any atom is 0.255 e. The van der Waals surface area contributed by atoms with Gasteiger partial charge in [0, 0.05) is 24.3 Å². The fourth-order valence-electron chi connectivity index (χ4n) is 3.02. The van der Waals surface area contributed by atoms with Gasteiger partial charge in [0.1, 0.15) is 0 Å². The average Bonchev–Trinajstić information content (AvgIpc) is 2.57. The van der Waals surface area contributed by atoms with Crippen molar-refractivity contribution in [3.63, 3.8) is 0 Å². The van der Waals surface area contributed by atoms with E-state index in [1.807, 2.05) is 26.0 Å². The summed E-state index contributed by atoms with van der Waals surface area (Å²) >= 11 is 12.5. The Morgan fingerprint density at radius 3 is 2.50 bits per heavy atom. The third kappa shape index (κ3) is 4.32. The van der Waals surface area contributed by atoms with Gasteiger partial charge in [-0.2, -0.15) is 0 Å². The van der Waals surface area contributed by atoms with Crippen LogP contribution in [0.2, 0.25) is 10.0 Å². The SMILES string of the molecule is CC(C)Oc1c(Cl)cc(C(=O)Nc2ccc3c(c2)CN(C)CC3)cc1Cl. The van der Waals surface area contributed by atoms with E-state index in [4.69, 9.17) is 27.9 Å². The molecule has 1 aliphatic heterocycles. The Bertz CT molecular complexity index is 814. The molecule has 1 heterocycles. The normalized spacial score (nSPS) is 14.2. The van der Waals surface area contributed by atoms with Crippen LogP contribution in [0, 0.1) is 0 Å². The van der Waals surface area contributed by atoms with Gasteiger partial charge < -0.3 is 15.0 Å². The molecular formula is C20H22Cl2N2O2. The van der Waals surface area contributed by atoms with Crippen molar-refractivity contribution in [2.24, 2.45) is 0 Å². The predicted molar refractivity (Wildman–Crippen MR) is 107 cm³/mol. The molecule has 0 unspecified atom stereocenters. The first-order valence-electron chi connectivity index (χ1n) is 8.61. The molecule has 0 radical (unpaired) electrons. The quantitative estimate of drug-likeness (QED) is 0.793. The highest BCUT2D eigenvalue weighted by atomic mass is 35.5. The number of hydrogen-bond acceptors (Lipinski definition) is 3. The van der Waals surface area contributed by atoms with Crippen molar-refractivity contribution in [1.82, 2.24) is 4.90 Å². The smallest absolute Gasteiger partial charge is 0.255 e. The summed E-state index contributed by atoms with van der Waals surface area (Å²) in [5, 5.41) is 3.57. The monoisotopic (exact) mass is 392 g/mol. The number of nitrogens with one attached hydrogen (secondary N) is 1. The molecule has 0 atom stereocenters. The Morgan fingerprint density at radius 2 is 1.85 bits per heavy atom. The lowest BCUT2D eigenvalue weighted by Crippen LogP contribution is -2.26. The zero-order valence-corrected chi connectivity index (χ0v) is 16.6. The van der Waals surface area contributed by atoms with Gasteiger partial charge in [0.25, 0.3) is 5.91 Å². The Kier molecular flexibility index (Phi) is 5.76. The first-order valence-corrected chi connectivity index (χ1v) is 9.36. The lowest BCUT2D eigenvalue weighted by molar-refractivity contribution is 0.102. The Balaban J connectivity index is 1.79. The number of anilines is 1. The molecule has 2 aromatic rings. The minimum Gasteiger partial charge on any atom is -0.488 e. The van der Waals surface area contributed by atoms with Gasteiger partial charge in [0.2, 0.25) is 0 Å². The van der Waals surface area contributed by atoms with Crippen molar-refractivity contribution in [2.45, 2.75) is 32.9 Å². The van der Waals surface area contributed by atoms with E-state index < -0.39 is 0 Å². The molecule has 2 aromatic carbocycles. The topological polar surface area (TPSA) is 41.6 Å². The molecule has 1 aliphatic rings. The second kappa shape index (κ2) is 7.87. The fraction of sp³-hybridized carbons (Fsp3) is 0.350. The first kappa shape index (κ1) is 19.0. The lowest BCUT2D eigenvalue weighted by atomic mass is 9.99. The summed E-state index contributed by atoms with van der Waals surface area (Å²) in [5.74, 6) is 0.144. The Hall–Kier alpha value is -1.75. The van der Waals surface area contributed by atoms with Gasteiger partial charge in [-0.1, -0.05) is 29.3 Å². The molecule has 1 amide bonds. The molecule has 26 heavy (non-hydrogen) atoms. The second-order valence-corrected chi connectivity index (χ2v) is 7.68. The minimum atomic E-state index is -0.256. The number of benzene rings is 2. The summed E-state index contributed by atoms with van der Waals surface area (Å²) in [4.78, 5) is 14.9. The second-order valence-electron chi connectivity index (χ2n) is 6.86. The van der Waals surface area contributed by atoms with Crippen molar-refractivity contribution in [1.29, 1.82) is 0 Å². The van der Waals surface area contributed by atoms with E-state index in [-0.39, 0.29) is 12.0 Å². The van der Waals surface area contributed by atoms with E-state index in [2.05, 4.69) is 23.3 Å². The molecule has 0 saturated heterocycles. The lowest BCUT2D eigenvalue weighted by Gasteiger charge is -2.25. The highest BCUT2D eigenvalue weighted by Crippen LogP contribution is 2.35. The molecule has 0 saturated carbocycles. The standard InChI is InChI=1S/C20H22Cl2N2O2/c1-12(2)26-19-17(21)9-14(10-18(19)22)20(25)23-16-5-4-13-6-7-24(3)11-15(13)8-16/h4-5,8-10,12H,6-7,11H2,1-3H3,(H,23,25). The first-order chi connectivity index (χ1) is 12.3. The number of rotatable bonds is 4. The van der Waals surface area contributed by atoms with Gasteiger partial charge in [0.15, 0.2) is 5.75 Å². The molecule has 3 rings (SSSR count). The van der Waals surface area contributed by atoms with E-state index >= 15 is 0 Å². The third-order valence-corrected chi connectivity index (χ3v) is 4.84. The van der Waals surface area contributed by atoms with Crippen LogP contribution < -0.4 is 10.1 Å². The van der Waals surface area contributed by atoms with Crippen molar-refractivity contribution in [3.8, 4) is 5.75 Å². The summed E-state index contributed by atoms with van der Waals surface area (Å²) in [6.07, 6.45) is 0.973. The molecule has 0 aliphatic carbocycles. The summed E-state index contributed by atoms with van der Waals surface area (Å²) in [6, 6.07) is 9.20. The molecule has 1 N–H and O–H groups in total. The van der Waals surface area contributed by atoms with Gasteiger partial charge in [-0.15, -0.1) is 0 Å².